The first-order chi connectivity index (χ1) is 11.7. The van der Waals surface area contributed by atoms with Crippen molar-refractivity contribution in [2.45, 2.75) is 45.5 Å². The zero-order valence-corrected chi connectivity index (χ0v) is 14.8. The van der Waals surface area contributed by atoms with Gasteiger partial charge in [-0.15, -0.1) is 0 Å². The molecule has 0 saturated carbocycles. The third-order valence-electron chi connectivity index (χ3n) is 4.71. The molecule has 0 bridgehead atoms. The van der Waals surface area contributed by atoms with Gasteiger partial charge in [-0.25, -0.2) is 8.78 Å². The van der Waals surface area contributed by atoms with Crippen LogP contribution in [0.2, 0.25) is 0 Å². The van der Waals surface area contributed by atoms with Crippen molar-refractivity contribution in [1.82, 2.24) is 0 Å². The molecule has 0 N–H and O–H groups in total. The molecular formula is C19H21BF2O3. The Morgan fingerprint density at radius 2 is 1.52 bits per heavy atom. The second-order valence-corrected chi connectivity index (χ2v) is 7.23. The molecule has 1 saturated heterocycles. The molecule has 25 heavy (non-hydrogen) atoms. The number of hydrogen-bond donors (Lipinski definition) is 0. The maximum absolute atomic E-state index is 13.2. The van der Waals surface area contributed by atoms with Crippen LogP contribution in [-0.4, -0.2) is 18.3 Å². The quantitative estimate of drug-likeness (QED) is 0.788. The summed E-state index contributed by atoms with van der Waals surface area (Å²) in [6.07, 6.45) is 0. The summed E-state index contributed by atoms with van der Waals surface area (Å²) in [5.41, 5.74) is 0.418. The Bertz CT molecular complexity index is 741. The normalized spacial score (nSPS) is 18.4. The summed E-state index contributed by atoms with van der Waals surface area (Å²) in [7, 11) is -0.486. The van der Waals surface area contributed by atoms with Crippen LogP contribution in [0.4, 0.5) is 8.78 Å². The standard InChI is InChI=1S/C19H21BF2O3/c1-18(2)19(3,4)25-20(24-18)14-6-5-7-17(10-14)23-12-13-8-15(21)11-16(22)9-13/h5-11H,12H2,1-4H3. The van der Waals surface area contributed by atoms with Crippen molar-refractivity contribution in [3.05, 3.63) is 59.7 Å². The van der Waals surface area contributed by atoms with Crippen molar-refractivity contribution in [1.29, 1.82) is 0 Å². The molecule has 1 fully saturated rings. The van der Waals surface area contributed by atoms with Crippen molar-refractivity contribution < 1.29 is 22.8 Å². The Morgan fingerprint density at radius 3 is 2.12 bits per heavy atom. The van der Waals surface area contributed by atoms with Crippen LogP contribution >= 0.6 is 0 Å². The number of rotatable bonds is 4. The van der Waals surface area contributed by atoms with E-state index in [2.05, 4.69) is 0 Å². The fraction of sp³-hybridized carbons (Fsp3) is 0.368. The second kappa shape index (κ2) is 6.43. The topological polar surface area (TPSA) is 27.7 Å². The number of halogens is 2. The third kappa shape index (κ3) is 3.85. The number of ether oxygens (including phenoxy) is 1. The molecule has 0 aromatic heterocycles. The first-order valence-corrected chi connectivity index (χ1v) is 8.20. The zero-order valence-electron chi connectivity index (χ0n) is 14.8. The van der Waals surface area contributed by atoms with Gasteiger partial charge in [0.25, 0.3) is 0 Å². The summed E-state index contributed by atoms with van der Waals surface area (Å²) in [5.74, 6) is -0.661. The van der Waals surface area contributed by atoms with E-state index in [1.165, 1.54) is 12.1 Å². The lowest BCUT2D eigenvalue weighted by atomic mass is 9.79. The molecule has 0 amide bonds. The highest BCUT2D eigenvalue weighted by Crippen LogP contribution is 2.36. The molecule has 3 rings (SSSR count). The molecule has 0 spiro atoms. The van der Waals surface area contributed by atoms with Gasteiger partial charge in [-0.05, 0) is 63.0 Å². The first-order valence-electron chi connectivity index (χ1n) is 8.20. The number of hydrogen-bond acceptors (Lipinski definition) is 3. The van der Waals surface area contributed by atoms with Crippen LogP contribution in [0.15, 0.2) is 42.5 Å². The van der Waals surface area contributed by atoms with Crippen LogP contribution in [0.1, 0.15) is 33.3 Å². The molecule has 132 valence electrons. The fourth-order valence-corrected chi connectivity index (χ4v) is 2.59. The highest BCUT2D eigenvalue weighted by atomic mass is 19.1. The van der Waals surface area contributed by atoms with Gasteiger partial charge in [0, 0.05) is 6.07 Å². The highest BCUT2D eigenvalue weighted by Gasteiger charge is 2.51. The maximum atomic E-state index is 13.2. The van der Waals surface area contributed by atoms with E-state index in [0.29, 0.717) is 11.3 Å². The maximum Gasteiger partial charge on any atom is 0.494 e. The lowest BCUT2D eigenvalue weighted by Gasteiger charge is -2.32. The van der Waals surface area contributed by atoms with Gasteiger partial charge in [-0.3, -0.25) is 0 Å². The Hall–Kier alpha value is -1.92. The van der Waals surface area contributed by atoms with Crippen LogP contribution in [-0.2, 0) is 15.9 Å². The Kier molecular flexibility index (Phi) is 4.60. The molecule has 6 heteroatoms. The fourth-order valence-electron chi connectivity index (χ4n) is 2.59. The predicted molar refractivity (Wildman–Crippen MR) is 92.8 cm³/mol. The molecule has 0 aliphatic carbocycles. The summed E-state index contributed by atoms with van der Waals surface area (Å²) in [6.45, 7) is 8.04. The van der Waals surface area contributed by atoms with Crippen LogP contribution in [0.25, 0.3) is 0 Å². The van der Waals surface area contributed by atoms with E-state index in [9.17, 15) is 8.78 Å². The smallest absolute Gasteiger partial charge is 0.489 e. The lowest BCUT2D eigenvalue weighted by Crippen LogP contribution is -2.41. The Labute approximate surface area is 147 Å². The predicted octanol–water partition coefficient (Wildman–Crippen LogP) is 3.84. The van der Waals surface area contributed by atoms with Gasteiger partial charge in [0.15, 0.2) is 0 Å². The average molecular weight is 346 g/mol. The zero-order chi connectivity index (χ0) is 18.2. The van der Waals surface area contributed by atoms with E-state index < -0.39 is 30.0 Å². The number of benzene rings is 2. The molecule has 3 nitrogen and oxygen atoms in total. The van der Waals surface area contributed by atoms with Crippen molar-refractivity contribution in [2.24, 2.45) is 0 Å². The van der Waals surface area contributed by atoms with Gasteiger partial charge < -0.3 is 14.0 Å². The molecular weight excluding hydrogens is 325 g/mol. The van der Waals surface area contributed by atoms with Crippen molar-refractivity contribution in [3.63, 3.8) is 0 Å². The van der Waals surface area contributed by atoms with E-state index in [0.717, 1.165) is 11.5 Å². The summed E-state index contributed by atoms with van der Waals surface area (Å²) < 4.78 is 44.2. The summed E-state index contributed by atoms with van der Waals surface area (Å²) in [6, 6.07) is 10.7. The van der Waals surface area contributed by atoms with Gasteiger partial charge in [-0.2, -0.15) is 0 Å². The minimum Gasteiger partial charge on any atom is -0.489 e. The van der Waals surface area contributed by atoms with Crippen molar-refractivity contribution >= 4 is 12.6 Å². The lowest BCUT2D eigenvalue weighted by molar-refractivity contribution is 0.00578. The van der Waals surface area contributed by atoms with E-state index in [-0.39, 0.29) is 6.61 Å². The van der Waals surface area contributed by atoms with Crippen molar-refractivity contribution in [3.8, 4) is 5.75 Å². The summed E-state index contributed by atoms with van der Waals surface area (Å²) >= 11 is 0. The van der Waals surface area contributed by atoms with Gasteiger partial charge in [0.2, 0.25) is 0 Å². The molecule has 2 aromatic carbocycles. The van der Waals surface area contributed by atoms with Crippen LogP contribution in [0.3, 0.4) is 0 Å². The SMILES string of the molecule is CC1(C)OB(c2cccc(OCc3cc(F)cc(F)c3)c2)OC1(C)C. The van der Waals surface area contributed by atoms with Gasteiger partial charge in [0.05, 0.1) is 11.2 Å². The minimum atomic E-state index is -0.621. The largest absolute Gasteiger partial charge is 0.494 e. The molecule has 1 aliphatic rings. The molecule has 1 heterocycles. The van der Waals surface area contributed by atoms with Gasteiger partial charge in [0.1, 0.15) is 24.0 Å². The molecule has 0 radical (unpaired) electrons. The minimum absolute atomic E-state index is 0.0709. The third-order valence-corrected chi connectivity index (χ3v) is 4.71. The van der Waals surface area contributed by atoms with Gasteiger partial charge >= 0.3 is 7.12 Å². The van der Waals surface area contributed by atoms with Crippen LogP contribution < -0.4 is 10.2 Å². The summed E-state index contributed by atoms with van der Waals surface area (Å²) in [5, 5.41) is 0. The molecule has 2 aromatic rings. The van der Waals surface area contributed by atoms with Crippen molar-refractivity contribution in [2.75, 3.05) is 0 Å². The van der Waals surface area contributed by atoms with E-state index >= 15 is 0 Å². The second-order valence-electron chi connectivity index (χ2n) is 7.23. The summed E-state index contributed by atoms with van der Waals surface area (Å²) in [4.78, 5) is 0. The van der Waals surface area contributed by atoms with Crippen LogP contribution in [0.5, 0.6) is 5.75 Å². The monoisotopic (exact) mass is 346 g/mol. The van der Waals surface area contributed by atoms with Gasteiger partial charge in [-0.1, -0.05) is 12.1 Å². The molecule has 1 aliphatic heterocycles. The Balaban J connectivity index is 1.72. The average Bonchev–Trinajstić information content (AvgIpc) is 2.73. The van der Waals surface area contributed by atoms with E-state index in [1.807, 2.05) is 45.9 Å². The highest BCUT2D eigenvalue weighted by molar-refractivity contribution is 6.62. The van der Waals surface area contributed by atoms with Crippen LogP contribution in [0, 0.1) is 11.6 Å². The van der Waals surface area contributed by atoms with E-state index in [1.54, 1.807) is 6.07 Å². The first kappa shape index (κ1) is 17.9. The Morgan fingerprint density at radius 1 is 0.920 bits per heavy atom. The molecule has 0 atom stereocenters. The van der Waals surface area contributed by atoms with E-state index in [4.69, 9.17) is 14.0 Å². The molecule has 0 unspecified atom stereocenters.